The SMILES string of the molecule is Cc1cccc2c(=O)n(CCC(=O)Nc3ccccc3N3CCCC3)cnc12. The summed E-state index contributed by atoms with van der Waals surface area (Å²) in [7, 11) is 0. The van der Waals surface area contributed by atoms with Crippen LogP contribution in [0.3, 0.4) is 0 Å². The number of nitrogens with one attached hydrogen (secondary N) is 1. The molecule has 1 aliphatic rings. The van der Waals surface area contributed by atoms with Crippen molar-refractivity contribution in [3.05, 3.63) is 64.7 Å². The lowest BCUT2D eigenvalue weighted by Gasteiger charge is -2.21. The maximum absolute atomic E-state index is 12.7. The molecule has 0 radical (unpaired) electrons. The number of para-hydroxylation sites is 3. The molecule has 1 amide bonds. The number of fused-ring (bicyclic) bond motifs is 1. The van der Waals surface area contributed by atoms with E-state index in [2.05, 4.69) is 15.2 Å². The average Bonchev–Trinajstić information content (AvgIpc) is 3.23. The zero-order valence-corrected chi connectivity index (χ0v) is 16.0. The molecule has 0 bridgehead atoms. The third kappa shape index (κ3) is 3.63. The lowest BCUT2D eigenvalue weighted by Crippen LogP contribution is -2.25. The number of aromatic nitrogens is 2. The first-order valence-electron chi connectivity index (χ1n) is 9.72. The van der Waals surface area contributed by atoms with Gasteiger partial charge in [0.2, 0.25) is 5.91 Å². The van der Waals surface area contributed by atoms with Crippen LogP contribution in [-0.4, -0.2) is 28.5 Å². The van der Waals surface area contributed by atoms with Crippen LogP contribution in [0.5, 0.6) is 0 Å². The second kappa shape index (κ2) is 7.84. The molecule has 1 aliphatic heterocycles. The smallest absolute Gasteiger partial charge is 0.261 e. The summed E-state index contributed by atoms with van der Waals surface area (Å²) in [6.45, 7) is 4.27. The quantitative estimate of drug-likeness (QED) is 0.742. The highest BCUT2D eigenvalue weighted by atomic mass is 16.2. The van der Waals surface area contributed by atoms with Gasteiger partial charge in [-0.15, -0.1) is 0 Å². The number of rotatable bonds is 5. The molecule has 1 saturated heterocycles. The van der Waals surface area contributed by atoms with E-state index < -0.39 is 0 Å². The van der Waals surface area contributed by atoms with Crippen molar-refractivity contribution >= 4 is 28.2 Å². The number of hydrogen-bond donors (Lipinski definition) is 1. The Morgan fingerprint density at radius 3 is 2.71 bits per heavy atom. The van der Waals surface area contributed by atoms with Crippen molar-refractivity contribution in [3.8, 4) is 0 Å². The van der Waals surface area contributed by atoms with Crippen LogP contribution in [0.25, 0.3) is 10.9 Å². The van der Waals surface area contributed by atoms with E-state index in [0.29, 0.717) is 17.4 Å². The van der Waals surface area contributed by atoms with E-state index in [1.54, 1.807) is 6.07 Å². The molecular formula is C22H24N4O2. The molecule has 0 atom stereocenters. The van der Waals surface area contributed by atoms with Crippen LogP contribution < -0.4 is 15.8 Å². The first-order chi connectivity index (χ1) is 13.6. The van der Waals surface area contributed by atoms with E-state index in [1.165, 1.54) is 23.7 Å². The highest BCUT2D eigenvalue weighted by Crippen LogP contribution is 2.28. The van der Waals surface area contributed by atoms with Gasteiger partial charge in [-0.2, -0.15) is 0 Å². The number of anilines is 2. The maximum Gasteiger partial charge on any atom is 0.261 e. The molecule has 0 unspecified atom stereocenters. The van der Waals surface area contributed by atoms with E-state index in [-0.39, 0.29) is 17.9 Å². The Kier molecular flexibility index (Phi) is 5.10. The predicted octanol–water partition coefficient (Wildman–Crippen LogP) is 3.33. The van der Waals surface area contributed by atoms with Crippen LogP contribution >= 0.6 is 0 Å². The van der Waals surface area contributed by atoms with Crippen LogP contribution in [0.2, 0.25) is 0 Å². The predicted molar refractivity (Wildman–Crippen MR) is 112 cm³/mol. The van der Waals surface area contributed by atoms with Gasteiger partial charge in [0.25, 0.3) is 5.56 Å². The van der Waals surface area contributed by atoms with Gasteiger partial charge in [-0.3, -0.25) is 14.2 Å². The van der Waals surface area contributed by atoms with Gasteiger partial charge in [0.15, 0.2) is 0 Å². The molecule has 6 nitrogen and oxygen atoms in total. The summed E-state index contributed by atoms with van der Waals surface area (Å²) in [5.41, 5.74) is 3.46. The van der Waals surface area contributed by atoms with Gasteiger partial charge in [-0.1, -0.05) is 24.3 Å². The van der Waals surface area contributed by atoms with Crippen molar-refractivity contribution < 1.29 is 4.79 Å². The molecular weight excluding hydrogens is 352 g/mol. The first kappa shape index (κ1) is 18.2. The van der Waals surface area contributed by atoms with Gasteiger partial charge in [0, 0.05) is 26.1 Å². The summed E-state index contributed by atoms with van der Waals surface area (Å²) in [6, 6.07) is 13.5. The normalized spacial score (nSPS) is 13.8. The summed E-state index contributed by atoms with van der Waals surface area (Å²) >= 11 is 0. The van der Waals surface area contributed by atoms with Crippen molar-refractivity contribution in [1.82, 2.24) is 9.55 Å². The van der Waals surface area contributed by atoms with Gasteiger partial charge in [0.1, 0.15) is 0 Å². The molecule has 0 spiro atoms. The Balaban J connectivity index is 1.47. The molecule has 4 rings (SSSR count). The molecule has 28 heavy (non-hydrogen) atoms. The minimum Gasteiger partial charge on any atom is -0.370 e. The summed E-state index contributed by atoms with van der Waals surface area (Å²) in [5, 5.41) is 3.59. The van der Waals surface area contributed by atoms with Crippen molar-refractivity contribution in [2.75, 3.05) is 23.3 Å². The van der Waals surface area contributed by atoms with Crippen LogP contribution in [0, 0.1) is 6.92 Å². The Morgan fingerprint density at radius 2 is 1.89 bits per heavy atom. The lowest BCUT2D eigenvalue weighted by atomic mass is 10.1. The number of carbonyl (C=O) groups is 1. The summed E-state index contributed by atoms with van der Waals surface area (Å²) in [6.07, 6.45) is 4.11. The van der Waals surface area contributed by atoms with Crippen molar-refractivity contribution in [2.24, 2.45) is 0 Å². The van der Waals surface area contributed by atoms with Gasteiger partial charge < -0.3 is 10.2 Å². The Bertz CT molecular complexity index is 1070. The van der Waals surface area contributed by atoms with Crippen molar-refractivity contribution in [2.45, 2.75) is 32.7 Å². The largest absolute Gasteiger partial charge is 0.370 e. The van der Waals surface area contributed by atoms with Gasteiger partial charge >= 0.3 is 0 Å². The first-order valence-corrected chi connectivity index (χ1v) is 9.72. The summed E-state index contributed by atoms with van der Waals surface area (Å²) < 4.78 is 1.51. The summed E-state index contributed by atoms with van der Waals surface area (Å²) in [4.78, 5) is 31.9. The number of nitrogens with zero attached hydrogens (tertiary/aromatic N) is 3. The molecule has 1 fully saturated rings. The number of amides is 1. The van der Waals surface area contributed by atoms with E-state index in [1.807, 2.05) is 43.3 Å². The number of aryl methyl sites for hydroxylation is 2. The molecule has 0 saturated carbocycles. The number of hydrogen-bond acceptors (Lipinski definition) is 4. The average molecular weight is 376 g/mol. The Morgan fingerprint density at radius 1 is 1.11 bits per heavy atom. The fourth-order valence-electron chi connectivity index (χ4n) is 3.74. The minimum atomic E-state index is -0.112. The fraction of sp³-hybridized carbons (Fsp3) is 0.318. The van der Waals surface area contributed by atoms with E-state index >= 15 is 0 Å². The van der Waals surface area contributed by atoms with E-state index in [4.69, 9.17) is 0 Å². The third-order valence-electron chi connectivity index (χ3n) is 5.26. The van der Waals surface area contributed by atoms with Crippen LogP contribution in [-0.2, 0) is 11.3 Å². The molecule has 144 valence electrons. The van der Waals surface area contributed by atoms with Crippen LogP contribution in [0.4, 0.5) is 11.4 Å². The monoisotopic (exact) mass is 376 g/mol. The topological polar surface area (TPSA) is 67.2 Å². The molecule has 1 N–H and O–H groups in total. The fourth-order valence-corrected chi connectivity index (χ4v) is 3.74. The Hall–Kier alpha value is -3.15. The molecule has 3 aromatic rings. The second-order valence-electron chi connectivity index (χ2n) is 7.22. The standard InChI is InChI=1S/C22H24N4O2/c1-16-7-6-8-17-21(16)23-15-26(22(17)28)14-11-20(27)24-18-9-2-3-10-19(18)25-12-4-5-13-25/h2-3,6-10,15H,4-5,11-14H2,1H3,(H,24,27). The van der Waals surface area contributed by atoms with E-state index in [0.717, 1.165) is 30.0 Å². The summed E-state index contributed by atoms with van der Waals surface area (Å²) in [5.74, 6) is -0.108. The highest BCUT2D eigenvalue weighted by molar-refractivity contribution is 5.94. The van der Waals surface area contributed by atoms with Crippen LogP contribution in [0.1, 0.15) is 24.8 Å². The third-order valence-corrected chi connectivity index (χ3v) is 5.26. The molecule has 6 heteroatoms. The molecule has 0 aliphatic carbocycles. The number of benzene rings is 2. The lowest BCUT2D eigenvalue weighted by molar-refractivity contribution is -0.116. The highest BCUT2D eigenvalue weighted by Gasteiger charge is 2.16. The zero-order valence-electron chi connectivity index (χ0n) is 16.0. The van der Waals surface area contributed by atoms with Crippen LogP contribution in [0.15, 0.2) is 53.6 Å². The zero-order chi connectivity index (χ0) is 19.5. The van der Waals surface area contributed by atoms with Gasteiger partial charge in [-0.05, 0) is 43.5 Å². The maximum atomic E-state index is 12.7. The second-order valence-corrected chi connectivity index (χ2v) is 7.22. The van der Waals surface area contributed by atoms with Gasteiger partial charge in [0.05, 0.1) is 28.6 Å². The molecule has 2 heterocycles. The van der Waals surface area contributed by atoms with Crippen molar-refractivity contribution in [3.63, 3.8) is 0 Å². The minimum absolute atomic E-state index is 0.108. The molecule has 2 aromatic carbocycles. The van der Waals surface area contributed by atoms with E-state index in [9.17, 15) is 9.59 Å². The van der Waals surface area contributed by atoms with Crippen molar-refractivity contribution in [1.29, 1.82) is 0 Å². The Labute approximate surface area is 163 Å². The molecule has 1 aromatic heterocycles. The number of carbonyl (C=O) groups excluding carboxylic acids is 1. The van der Waals surface area contributed by atoms with Gasteiger partial charge in [-0.25, -0.2) is 4.98 Å².